The van der Waals surface area contributed by atoms with E-state index in [0.717, 1.165) is 17.5 Å². The quantitative estimate of drug-likeness (QED) is 0.918. The number of halogens is 1. The van der Waals surface area contributed by atoms with Crippen LogP contribution < -0.4 is 9.64 Å². The summed E-state index contributed by atoms with van der Waals surface area (Å²) in [6.45, 7) is 0.369. The zero-order valence-corrected chi connectivity index (χ0v) is 11.8. The third-order valence-electron chi connectivity index (χ3n) is 3.22. The summed E-state index contributed by atoms with van der Waals surface area (Å²) in [4.78, 5) is 13.1. The van der Waals surface area contributed by atoms with Crippen LogP contribution >= 0.6 is 0 Å². The van der Waals surface area contributed by atoms with Crippen LogP contribution in [0.5, 0.6) is 5.75 Å². The molecule has 0 aromatic heterocycles. The first-order valence-corrected chi connectivity index (χ1v) is 6.38. The Kier molecular flexibility index (Phi) is 4.42. The monoisotopic (exact) mass is 289 g/mol. The Hall–Kier alpha value is -2.56. The third-order valence-corrected chi connectivity index (χ3v) is 3.22. The maximum absolute atomic E-state index is 13.2. The Morgan fingerprint density at radius 3 is 2.48 bits per heavy atom. The van der Waals surface area contributed by atoms with Gasteiger partial charge in [0.25, 0.3) is 0 Å². The number of methoxy groups -OCH3 is 1. The van der Waals surface area contributed by atoms with E-state index < -0.39 is 11.8 Å². The fourth-order valence-electron chi connectivity index (χ4n) is 2.07. The van der Waals surface area contributed by atoms with E-state index >= 15 is 0 Å². The van der Waals surface area contributed by atoms with E-state index in [-0.39, 0.29) is 5.56 Å². The lowest BCUT2D eigenvalue weighted by molar-refractivity contribution is 0.0695. The largest absolute Gasteiger partial charge is 0.497 e. The molecule has 0 atom stereocenters. The zero-order chi connectivity index (χ0) is 15.4. The molecule has 110 valence electrons. The number of hydrogen-bond acceptors (Lipinski definition) is 3. The number of carboxylic acids is 1. The molecule has 1 N–H and O–H groups in total. The average Bonchev–Trinajstić information content (AvgIpc) is 2.49. The van der Waals surface area contributed by atoms with E-state index in [1.54, 1.807) is 7.11 Å². The molecule has 0 saturated heterocycles. The van der Waals surface area contributed by atoms with E-state index in [2.05, 4.69) is 0 Å². The number of anilines is 1. The normalized spacial score (nSPS) is 10.2. The first kappa shape index (κ1) is 14.8. The molecule has 0 aliphatic heterocycles. The molecule has 0 aliphatic rings. The van der Waals surface area contributed by atoms with Crippen LogP contribution in [-0.2, 0) is 6.54 Å². The Labute approximate surface area is 122 Å². The highest BCUT2D eigenvalue weighted by atomic mass is 19.1. The van der Waals surface area contributed by atoms with Crippen LogP contribution in [0.25, 0.3) is 0 Å². The van der Waals surface area contributed by atoms with Crippen molar-refractivity contribution in [1.82, 2.24) is 0 Å². The van der Waals surface area contributed by atoms with Gasteiger partial charge in [-0.05, 0) is 42.0 Å². The van der Waals surface area contributed by atoms with Gasteiger partial charge in [0, 0.05) is 19.3 Å². The zero-order valence-electron chi connectivity index (χ0n) is 11.8. The number of carboxylic acid groups (broad SMARTS) is 1. The summed E-state index contributed by atoms with van der Waals surface area (Å²) in [5.74, 6) is -0.934. The summed E-state index contributed by atoms with van der Waals surface area (Å²) in [7, 11) is 3.44. The van der Waals surface area contributed by atoms with Crippen LogP contribution in [0.15, 0.2) is 42.5 Å². The van der Waals surface area contributed by atoms with E-state index in [9.17, 15) is 9.18 Å². The summed E-state index contributed by atoms with van der Waals surface area (Å²) >= 11 is 0. The maximum Gasteiger partial charge on any atom is 0.336 e. The van der Waals surface area contributed by atoms with Crippen molar-refractivity contribution < 1.29 is 19.0 Å². The van der Waals surface area contributed by atoms with Crippen LogP contribution in [0.2, 0.25) is 0 Å². The fourth-order valence-corrected chi connectivity index (χ4v) is 2.07. The summed E-state index contributed by atoms with van der Waals surface area (Å²) in [6.07, 6.45) is 0. The molecule has 0 heterocycles. The predicted octanol–water partition coefficient (Wildman–Crippen LogP) is 3.17. The maximum atomic E-state index is 13.2. The van der Waals surface area contributed by atoms with Crippen molar-refractivity contribution in [2.75, 3.05) is 19.1 Å². The standard InChI is InChI=1S/C16H16FNO3/c1-18(13-5-7-14(21-2)8-6-13)10-11-3-4-12(17)9-15(11)16(19)20/h3-9H,10H2,1-2H3,(H,19,20). The van der Waals surface area contributed by atoms with E-state index in [0.29, 0.717) is 12.1 Å². The number of carbonyl (C=O) groups is 1. The summed E-state index contributed by atoms with van der Waals surface area (Å²) < 4.78 is 18.3. The third kappa shape index (κ3) is 3.51. The molecule has 5 heteroatoms. The van der Waals surface area contributed by atoms with Crippen molar-refractivity contribution in [3.05, 3.63) is 59.4 Å². The van der Waals surface area contributed by atoms with E-state index in [4.69, 9.17) is 9.84 Å². The van der Waals surface area contributed by atoms with E-state index in [1.165, 1.54) is 12.1 Å². The van der Waals surface area contributed by atoms with Crippen LogP contribution in [0.1, 0.15) is 15.9 Å². The molecule has 0 saturated carbocycles. The van der Waals surface area contributed by atoms with Crippen molar-refractivity contribution in [1.29, 1.82) is 0 Å². The van der Waals surface area contributed by atoms with Crippen LogP contribution in [0, 0.1) is 5.82 Å². The fraction of sp³-hybridized carbons (Fsp3) is 0.188. The molecule has 0 unspecified atom stereocenters. The second-order valence-corrected chi connectivity index (χ2v) is 4.66. The number of rotatable bonds is 5. The predicted molar refractivity (Wildman–Crippen MR) is 78.5 cm³/mol. The van der Waals surface area contributed by atoms with Gasteiger partial charge in [-0.15, -0.1) is 0 Å². The topological polar surface area (TPSA) is 49.8 Å². The minimum absolute atomic E-state index is 0.0182. The highest BCUT2D eigenvalue weighted by Crippen LogP contribution is 2.21. The smallest absolute Gasteiger partial charge is 0.336 e. The molecular weight excluding hydrogens is 273 g/mol. The molecule has 2 aromatic rings. The Bertz CT molecular complexity index is 640. The summed E-state index contributed by atoms with van der Waals surface area (Å²) in [5, 5.41) is 9.14. The van der Waals surface area contributed by atoms with E-state index in [1.807, 2.05) is 36.2 Å². The first-order valence-electron chi connectivity index (χ1n) is 6.38. The van der Waals surface area contributed by atoms with Gasteiger partial charge in [0.15, 0.2) is 0 Å². The number of hydrogen-bond donors (Lipinski definition) is 1. The minimum Gasteiger partial charge on any atom is -0.497 e. The van der Waals surface area contributed by atoms with Crippen molar-refractivity contribution in [2.45, 2.75) is 6.54 Å². The van der Waals surface area contributed by atoms with Gasteiger partial charge in [-0.3, -0.25) is 0 Å². The van der Waals surface area contributed by atoms with Gasteiger partial charge in [-0.2, -0.15) is 0 Å². The Balaban J connectivity index is 2.22. The van der Waals surface area contributed by atoms with Gasteiger partial charge in [0.1, 0.15) is 11.6 Å². The summed E-state index contributed by atoms with van der Waals surface area (Å²) in [5.41, 5.74) is 1.45. The Morgan fingerprint density at radius 2 is 1.90 bits per heavy atom. The SMILES string of the molecule is COc1ccc(N(C)Cc2ccc(F)cc2C(=O)O)cc1. The van der Waals surface area contributed by atoms with Gasteiger partial charge < -0.3 is 14.7 Å². The van der Waals surface area contributed by atoms with Gasteiger partial charge in [-0.1, -0.05) is 6.07 Å². The number of ether oxygens (including phenoxy) is 1. The molecule has 0 aliphatic carbocycles. The average molecular weight is 289 g/mol. The lowest BCUT2D eigenvalue weighted by Gasteiger charge is -2.20. The second kappa shape index (κ2) is 6.26. The molecule has 2 rings (SSSR count). The van der Waals surface area contributed by atoms with Gasteiger partial charge >= 0.3 is 5.97 Å². The van der Waals surface area contributed by atoms with Gasteiger partial charge in [0.05, 0.1) is 12.7 Å². The molecule has 0 bridgehead atoms. The lowest BCUT2D eigenvalue weighted by Crippen LogP contribution is -2.18. The molecule has 0 amide bonds. The molecule has 4 nitrogen and oxygen atoms in total. The second-order valence-electron chi connectivity index (χ2n) is 4.66. The molecule has 0 radical (unpaired) electrons. The molecular formula is C16H16FNO3. The molecule has 21 heavy (non-hydrogen) atoms. The van der Waals surface area contributed by atoms with Crippen molar-refractivity contribution in [3.8, 4) is 5.75 Å². The number of aromatic carboxylic acids is 1. The lowest BCUT2D eigenvalue weighted by atomic mass is 10.1. The van der Waals surface area contributed by atoms with Crippen LogP contribution in [-0.4, -0.2) is 25.2 Å². The first-order chi connectivity index (χ1) is 10.0. The van der Waals surface area contributed by atoms with Crippen LogP contribution in [0.4, 0.5) is 10.1 Å². The highest BCUT2D eigenvalue weighted by molar-refractivity contribution is 5.89. The van der Waals surface area contributed by atoms with Gasteiger partial charge in [0.2, 0.25) is 0 Å². The van der Waals surface area contributed by atoms with Crippen molar-refractivity contribution in [3.63, 3.8) is 0 Å². The highest BCUT2D eigenvalue weighted by Gasteiger charge is 2.13. The number of nitrogens with zero attached hydrogens (tertiary/aromatic N) is 1. The molecule has 0 spiro atoms. The Morgan fingerprint density at radius 1 is 1.24 bits per heavy atom. The molecule has 2 aromatic carbocycles. The van der Waals surface area contributed by atoms with Crippen LogP contribution in [0.3, 0.4) is 0 Å². The minimum atomic E-state index is -1.13. The van der Waals surface area contributed by atoms with Crippen molar-refractivity contribution >= 4 is 11.7 Å². The number of benzene rings is 2. The van der Waals surface area contributed by atoms with Gasteiger partial charge in [-0.25, -0.2) is 9.18 Å². The summed E-state index contributed by atoms with van der Waals surface area (Å²) in [6, 6.07) is 11.2. The van der Waals surface area contributed by atoms with Crippen molar-refractivity contribution in [2.24, 2.45) is 0 Å². The molecule has 0 fully saturated rings.